The summed E-state index contributed by atoms with van der Waals surface area (Å²) >= 11 is 0. The van der Waals surface area contributed by atoms with E-state index >= 15 is 0 Å². The lowest BCUT2D eigenvalue weighted by atomic mass is 9.99. The third kappa shape index (κ3) is 3.26. The summed E-state index contributed by atoms with van der Waals surface area (Å²) in [4.78, 5) is 16.7. The fraction of sp³-hybridized carbons (Fsp3) is 0.389. The summed E-state index contributed by atoms with van der Waals surface area (Å²) in [6.45, 7) is 1.80. The van der Waals surface area contributed by atoms with Crippen molar-refractivity contribution >= 4 is 5.91 Å². The van der Waals surface area contributed by atoms with Crippen LogP contribution in [0.3, 0.4) is 0 Å². The number of carbonyl (C=O) groups excluding carboxylic acids is 1. The molecule has 0 saturated heterocycles. The average Bonchev–Trinajstić information content (AvgIpc) is 3.16. The third-order valence-electron chi connectivity index (χ3n) is 4.29. The maximum Gasteiger partial charge on any atom is 0.227 e. The Labute approximate surface area is 135 Å². The maximum absolute atomic E-state index is 12.3. The summed E-state index contributed by atoms with van der Waals surface area (Å²) in [5.41, 5.74) is 0.802. The molecule has 1 aliphatic carbocycles. The number of carbonyl (C=O) groups is 1. The third-order valence-corrected chi connectivity index (χ3v) is 4.29. The van der Waals surface area contributed by atoms with Crippen molar-refractivity contribution in [2.45, 2.75) is 44.6 Å². The predicted octanol–water partition coefficient (Wildman–Crippen LogP) is 3.15. The van der Waals surface area contributed by atoms with Gasteiger partial charge in [-0.15, -0.1) is 0 Å². The van der Waals surface area contributed by atoms with E-state index in [9.17, 15) is 10.1 Å². The van der Waals surface area contributed by atoms with Gasteiger partial charge in [0.1, 0.15) is 11.3 Å². The highest BCUT2D eigenvalue weighted by atomic mass is 16.4. The largest absolute Gasteiger partial charge is 0.441 e. The minimum Gasteiger partial charge on any atom is -0.441 e. The van der Waals surface area contributed by atoms with Crippen LogP contribution in [-0.4, -0.2) is 16.4 Å². The predicted molar refractivity (Wildman–Crippen MR) is 85.3 cm³/mol. The number of oxazole rings is 1. The minimum atomic E-state index is -0.697. The summed E-state index contributed by atoms with van der Waals surface area (Å²) in [7, 11) is 0. The Morgan fingerprint density at radius 1 is 1.35 bits per heavy atom. The quantitative estimate of drug-likeness (QED) is 0.941. The Bertz CT molecular complexity index is 737. The van der Waals surface area contributed by atoms with Crippen LogP contribution in [-0.2, 0) is 11.2 Å². The van der Waals surface area contributed by atoms with Crippen molar-refractivity contribution in [3.63, 3.8) is 0 Å². The zero-order valence-electron chi connectivity index (χ0n) is 13.1. The average molecular weight is 309 g/mol. The van der Waals surface area contributed by atoms with Crippen LogP contribution in [0.2, 0.25) is 0 Å². The molecule has 118 valence electrons. The molecule has 5 nitrogen and oxygen atoms in total. The summed E-state index contributed by atoms with van der Waals surface area (Å²) in [5, 5.41) is 12.2. The summed E-state index contributed by atoms with van der Waals surface area (Å²) in [5.74, 6) is 0.975. The van der Waals surface area contributed by atoms with Gasteiger partial charge in [0.05, 0.1) is 18.2 Å². The summed E-state index contributed by atoms with van der Waals surface area (Å²) in [6.07, 6.45) is 3.54. The zero-order chi connectivity index (χ0) is 16.3. The van der Waals surface area contributed by atoms with Gasteiger partial charge in [0, 0.05) is 5.56 Å². The number of nitrogens with zero attached hydrogens (tertiary/aromatic N) is 2. The molecule has 1 N–H and O–H groups in total. The lowest BCUT2D eigenvalue weighted by Crippen LogP contribution is -2.45. The van der Waals surface area contributed by atoms with Gasteiger partial charge in [-0.2, -0.15) is 5.26 Å². The van der Waals surface area contributed by atoms with Crippen molar-refractivity contribution < 1.29 is 9.21 Å². The molecule has 5 heteroatoms. The molecule has 1 aromatic carbocycles. The molecular weight excluding hydrogens is 290 g/mol. The fourth-order valence-corrected chi connectivity index (χ4v) is 3.00. The van der Waals surface area contributed by atoms with Crippen LogP contribution in [0.15, 0.2) is 34.7 Å². The molecule has 0 radical (unpaired) electrons. The van der Waals surface area contributed by atoms with Crippen LogP contribution < -0.4 is 5.32 Å². The van der Waals surface area contributed by atoms with Crippen LogP contribution in [0.5, 0.6) is 0 Å². The number of rotatable bonds is 4. The second-order valence-corrected chi connectivity index (χ2v) is 6.01. The van der Waals surface area contributed by atoms with Crippen molar-refractivity contribution in [3.05, 3.63) is 41.8 Å². The molecule has 1 aliphatic rings. The van der Waals surface area contributed by atoms with Gasteiger partial charge < -0.3 is 9.73 Å². The monoisotopic (exact) mass is 309 g/mol. The highest BCUT2D eigenvalue weighted by Crippen LogP contribution is 2.29. The standard InChI is InChI=1S/C18H19N3O2/c1-13-15(20-17(23-13)14-7-3-2-4-8-14)11-16(22)21-18(12-19)9-5-6-10-18/h2-4,7-8H,5-6,9-11H2,1H3,(H,21,22). The Balaban J connectivity index is 1.72. The first-order chi connectivity index (χ1) is 11.1. The van der Waals surface area contributed by atoms with Gasteiger partial charge in [-0.25, -0.2) is 4.98 Å². The lowest BCUT2D eigenvalue weighted by molar-refractivity contribution is -0.121. The number of aromatic nitrogens is 1. The van der Waals surface area contributed by atoms with Crippen molar-refractivity contribution in [3.8, 4) is 17.5 Å². The number of nitriles is 1. The minimum absolute atomic E-state index is 0.131. The van der Waals surface area contributed by atoms with Crippen molar-refractivity contribution in [1.82, 2.24) is 10.3 Å². The van der Waals surface area contributed by atoms with Gasteiger partial charge in [-0.1, -0.05) is 18.2 Å². The van der Waals surface area contributed by atoms with E-state index in [-0.39, 0.29) is 12.3 Å². The van der Waals surface area contributed by atoms with Gasteiger partial charge in [0.25, 0.3) is 0 Å². The molecule has 0 unspecified atom stereocenters. The Kier molecular flexibility index (Phi) is 4.16. The van der Waals surface area contributed by atoms with Crippen molar-refractivity contribution in [2.24, 2.45) is 0 Å². The van der Waals surface area contributed by atoms with E-state index < -0.39 is 5.54 Å². The van der Waals surface area contributed by atoms with Crippen LogP contribution >= 0.6 is 0 Å². The number of nitrogens with one attached hydrogen (secondary N) is 1. The van der Waals surface area contributed by atoms with Gasteiger partial charge in [-0.05, 0) is 44.7 Å². The molecule has 1 heterocycles. The Morgan fingerprint density at radius 3 is 2.70 bits per heavy atom. The Morgan fingerprint density at radius 2 is 2.04 bits per heavy atom. The first kappa shape index (κ1) is 15.3. The topological polar surface area (TPSA) is 78.9 Å². The van der Waals surface area contributed by atoms with Crippen LogP contribution in [0.25, 0.3) is 11.5 Å². The molecule has 1 aromatic heterocycles. The van der Waals surface area contributed by atoms with Gasteiger partial charge in [0.2, 0.25) is 11.8 Å². The molecule has 2 aromatic rings. The summed E-state index contributed by atoms with van der Waals surface area (Å²) < 4.78 is 5.67. The maximum atomic E-state index is 12.3. The second kappa shape index (κ2) is 6.25. The Hall–Kier alpha value is -2.61. The van der Waals surface area contributed by atoms with Gasteiger partial charge >= 0.3 is 0 Å². The number of hydrogen-bond donors (Lipinski definition) is 1. The SMILES string of the molecule is Cc1oc(-c2ccccc2)nc1CC(=O)NC1(C#N)CCCC1. The molecule has 1 saturated carbocycles. The fourth-order valence-electron chi connectivity index (χ4n) is 3.00. The van der Waals surface area contributed by atoms with Crippen LogP contribution in [0, 0.1) is 18.3 Å². The second-order valence-electron chi connectivity index (χ2n) is 6.01. The molecule has 0 aliphatic heterocycles. The number of benzene rings is 1. The van der Waals surface area contributed by atoms with E-state index in [2.05, 4.69) is 16.4 Å². The summed E-state index contributed by atoms with van der Waals surface area (Å²) in [6, 6.07) is 11.9. The van der Waals surface area contributed by atoms with Crippen molar-refractivity contribution in [2.75, 3.05) is 0 Å². The van der Waals surface area contributed by atoms with E-state index in [1.807, 2.05) is 30.3 Å². The van der Waals surface area contributed by atoms with E-state index in [1.54, 1.807) is 6.92 Å². The molecule has 0 bridgehead atoms. The molecule has 0 spiro atoms. The molecule has 1 fully saturated rings. The highest BCUT2D eigenvalue weighted by molar-refractivity contribution is 5.79. The van der Waals surface area contributed by atoms with Gasteiger partial charge in [-0.3, -0.25) is 4.79 Å². The number of amides is 1. The van der Waals surface area contributed by atoms with E-state index in [4.69, 9.17) is 4.42 Å². The van der Waals surface area contributed by atoms with Crippen LogP contribution in [0.1, 0.15) is 37.1 Å². The van der Waals surface area contributed by atoms with E-state index in [1.165, 1.54) is 0 Å². The lowest BCUT2D eigenvalue weighted by Gasteiger charge is -2.21. The highest BCUT2D eigenvalue weighted by Gasteiger charge is 2.35. The normalized spacial score (nSPS) is 16.0. The van der Waals surface area contributed by atoms with Crippen LogP contribution in [0.4, 0.5) is 0 Å². The van der Waals surface area contributed by atoms with E-state index in [0.29, 0.717) is 17.3 Å². The number of hydrogen-bond acceptors (Lipinski definition) is 4. The molecular formula is C18H19N3O2. The number of aryl methyl sites for hydroxylation is 1. The van der Waals surface area contributed by atoms with Crippen molar-refractivity contribution in [1.29, 1.82) is 5.26 Å². The smallest absolute Gasteiger partial charge is 0.227 e. The zero-order valence-corrected chi connectivity index (χ0v) is 13.1. The molecule has 3 rings (SSSR count). The first-order valence-electron chi connectivity index (χ1n) is 7.86. The van der Waals surface area contributed by atoms with E-state index in [0.717, 1.165) is 31.2 Å². The molecule has 23 heavy (non-hydrogen) atoms. The molecule has 0 atom stereocenters. The van der Waals surface area contributed by atoms with Gasteiger partial charge in [0.15, 0.2) is 0 Å². The molecule has 1 amide bonds. The first-order valence-corrected chi connectivity index (χ1v) is 7.86.